The monoisotopic (exact) mass is 539 g/mol. The zero-order valence-corrected chi connectivity index (χ0v) is 21.8. The largest absolute Gasteiger partial charge is 0.480 e. The normalized spacial score (nSPS) is 17.6. The Balaban J connectivity index is 1.71. The van der Waals surface area contributed by atoms with Gasteiger partial charge in [0.25, 0.3) is 0 Å². The van der Waals surface area contributed by atoms with E-state index in [4.69, 9.17) is 4.18 Å². The Morgan fingerprint density at radius 3 is 2.25 bits per heavy atom. The number of nitrogens with one attached hydrogen (secondary N) is 1. The number of rotatable bonds is 10. The molecule has 2 aromatic carbocycles. The number of hydrogen-bond donors (Lipinski definition) is 2. The van der Waals surface area contributed by atoms with Crippen LogP contribution in [0.4, 0.5) is 0 Å². The average Bonchev–Trinajstić information content (AvgIpc) is 3.31. The molecule has 13 heteroatoms. The second-order valence-electron chi connectivity index (χ2n) is 8.66. The Labute approximate surface area is 211 Å². The van der Waals surface area contributed by atoms with Gasteiger partial charge in [-0.1, -0.05) is 29.8 Å². The van der Waals surface area contributed by atoms with Gasteiger partial charge in [0.05, 0.1) is 4.90 Å². The standard InChI is InChI=1S/C23H29N3O8S2/c1-16-6-12-19(13-7-16)35(30,31)26-14-4-5-21(26)22(27)24-20(23(28)29)15-17-8-10-18(11-9-17)34-36(32,33)25(2)3/h6-13,20-21H,4-5,14-15H2,1-3H3,(H,24,27)(H,28,29)/t20-,21-/m0/s1. The first kappa shape index (κ1) is 27.6. The molecule has 0 saturated carbocycles. The van der Waals surface area contributed by atoms with Crippen molar-refractivity contribution in [1.82, 2.24) is 13.9 Å². The van der Waals surface area contributed by atoms with Gasteiger partial charge in [0.15, 0.2) is 0 Å². The van der Waals surface area contributed by atoms with Gasteiger partial charge in [-0.2, -0.15) is 17.0 Å². The Hall–Kier alpha value is -3.00. The summed E-state index contributed by atoms with van der Waals surface area (Å²) in [5, 5.41) is 12.1. The van der Waals surface area contributed by atoms with Gasteiger partial charge in [-0.15, -0.1) is 0 Å². The number of hydrogen-bond acceptors (Lipinski definition) is 7. The number of carbonyl (C=O) groups excluding carboxylic acids is 1. The van der Waals surface area contributed by atoms with Crippen molar-refractivity contribution < 1.29 is 35.7 Å². The van der Waals surface area contributed by atoms with E-state index in [2.05, 4.69) is 5.32 Å². The van der Waals surface area contributed by atoms with E-state index in [0.717, 1.165) is 14.2 Å². The molecule has 11 nitrogen and oxygen atoms in total. The number of amides is 1. The first-order valence-corrected chi connectivity index (χ1v) is 13.9. The molecule has 1 fully saturated rings. The van der Waals surface area contributed by atoms with Crippen molar-refractivity contribution in [2.45, 2.75) is 43.2 Å². The number of carbonyl (C=O) groups is 2. The van der Waals surface area contributed by atoms with E-state index in [1.54, 1.807) is 12.1 Å². The van der Waals surface area contributed by atoms with E-state index >= 15 is 0 Å². The molecule has 1 amide bonds. The van der Waals surface area contributed by atoms with Crippen molar-refractivity contribution in [3.05, 3.63) is 59.7 Å². The van der Waals surface area contributed by atoms with Crippen LogP contribution in [-0.4, -0.2) is 75.2 Å². The number of aliphatic carboxylic acids is 1. The highest BCUT2D eigenvalue weighted by molar-refractivity contribution is 7.89. The molecule has 2 aromatic rings. The van der Waals surface area contributed by atoms with Crippen LogP contribution >= 0.6 is 0 Å². The minimum absolute atomic E-state index is 0.0475. The van der Waals surface area contributed by atoms with Crippen LogP contribution in [0.5, 0.6) is 5.75 Å². The number of nitrogens with zero attached hydrogens (tertiary/aromatic N) is 2. The fourth-order valence-electron chi connectivity index (χ4n) is 3.72. The lowest BCUT2D eigenvalue weighted by Crippen LogP contribution is -2.51. The summed E-state index contributed by atoms with van der Waals surface area (Å²) in [6.45, 7) is 1.99. The summed E-state index contributed by atoms with van der Waals surface area (Å²) in [4.78, 5) is 24.9. The van der Waals surface area contributed by atoms with E-state index in [1.165, 1.54) is 50.5 Å². The van der Waals surface area contributed by atoms with Crippen LogP contribution < -0.4 is 9.50 Å². The second-order valence-corrected chi connectivity index (χ2v) is 12.3. The minimum Gasteiger partial charge on any atom is -0.480 e. The minimum atomic E-state index is -3.94. The van der Waals surface area contributed by atoms with Gasteiger partial charge in [0.2, 0.25) is 15.9 Å². The summed E-state index contributed by atoms with van der Waals surface area (Å²) in [5.41, 5.74) is 1.40. The SMILES string of the molecule is Cc1ccc(S(=O)(=O)N2CCC[C@H]2C(=O)N[C@@H](Cc2ccc(OS(=O)(=O)N(C)C)cc2)C(=O)O)cc1. The fraction of sp³-hybridized carbons (Fsp3) is 0.391. The van der Waals surface area contributed by atoms with Crippen LogP contribution in [0.2, 0.25) is 0 Å². The molecular weight excluding hydrogens is 510 g/mol. The molecule has 1 aliphatic heterocycles. The van der Waals surface area contributed by atoms with Crippen molar-refractivity contribution in [1.29, 1.82) is 0 Å². The highest BCUT2D eigenvalue weighted by Gasteiger charge is 2.40. The first-order chi connectivity index (χ1) is 16.8. The van der Waals surface area contributed by atoms with E-state index < -0.39 is 44.3 Å². The van der Waals surface area contributed by atoms with Crippen molar-refractivity contribution in [3.63, 3.8) is 0 Å². The maximum Gasteiger partial charge on any atom is 0.384 e. The van der Waals surface area contributed by atoms with Crippen LogP contribution in [0.15, 0.2) is 53.4 Å². The molecule has 0 aliphatic carbocycles. The van der Waals surface area contributed by atoms with Crippen molar-refractivity contribution in [3.8, 4) is 5.75 Å². The molecule has 0 unspecified atom stereocenters. The highest BCUT2D eigenvalue weighted by Crippen LogP contribution is 2.27. The Bertz CT molecular complexity index is 1310. The average molecular weight is 540 g/mol. The van der Waals surface area contributed by atoms with Gasteiger partial charge < -0.3 is 14.6 Å². The molecule has 0 radical (unpaired) electrons. The molecule has 196 valence electrons. The van der Waals surface area contributed by atoms with Gasteiger partial charge in [0.1, 0.15) is 17.8 Å². The Morgan fingerprint density at radius 2 is 1.69 bits per heavy atom. The maximum atomic E-state index is 13.1. The Morgan fingerprint density at radius 1 is 1.08 bits per heavy atom. The van der Waals surface area contributed by atoms with E-state index in [9.17, 15) is 31.5 Å². The first-order valence-electron chi connectivity index (χ1n) is 11.1. The maximum absolute atomic E-state index is 13.1. The summed E-state index contributed by atoms with van der Waals surface area (Å²) in [6.07, 6.45) is 0.646. The van der Waals surface area contributed by atoms with Crippen molar-refractivity contribution in [2.75, 3.05) is 20.6 Å². The summed E-state index contributed by atoms with van der Waals surface area (Å²) in [7, 11) is -5.23. The second kappa shape index (κ2) is 10.9. The highest BCUT2D eigenvalue weighted by atomic mass is 32.2. The lowest BCUT2D eigenvalue weighted by molar-refractivity contribution is -0.142. The van der Waals surface area contributed by atoms with E-state index in [-0.39, 0.29) is 30.0 Å². The van der Waals surface area contributed by atoms with E-state index in [0.29, 0.717) is 12.0 Å². The molecule has 36 heavy (non-hydrogen) atoms. The molecule has 0 aromatic heterocycles. The van der Waals surface area contributed by atoms with Gasteiger partial charge in [-0.05, 0) is 49.6 Å². The summed E-state index contributed by atoms with van der Waals surface area (Å²) >= 11 is 0. The third-order valence-corrected chi connectivity index (χ3v) is 8.98. The molecular formula is C23H29N3O8S2. The zero-order chi connectivity index (χ0) is 26.7. The fourth-order valence-corrected chi connectivity index (χ4v) is 5.88. The van der Waals surface area contributed by atoms with Gasteiger partial charge >= 0.3 is 16.3 Å². The molecule has 0 bridgehead atoms. The number of sulfonamides is 1. The Kier molecular flexibility index (Phi) is 8.39. The van der Waals surface area contributed by atoms with E-state index in [1.807, 2.05) is 6.92 Å². The van der Waals surface area contributed by atoms with Crippen LogP contribution in [0, 0.1) is 6.92 Å². The molecule has 1 aliphatic rings. The van der Waals surface area contributed by atoms with Crippen molar-refractivity contribution in [2.24, 2.45) is 0 Å². The molecule has 3 rings (SSSR count). The number of aryl methyl sites for hydroxylation is 1. The zero-order valence-electron chi connectivity index (χ0n) is 20.1. The van der Waals surface area contributed by atoms with Crippen LogP contribution in [0.1, 0.15) is 24.0 Å². The number of carboxylic acid groups (broad SMARTS) is 1. The third kappa shape index (κ3) is 6.40. The summed E-state index contributed by atoms with van der Waals surface area (Å²) in [6, 6.07) is 9.70. The van der Waals surface area contributed by atoms with Crippen LogP contribution in [0.25, 0.3) is 0 Å². The third-order valence-electron chi connectivity index (χ3n) is 5.76. The van der Waals surface area contributed by atoms with Crippen LogP contribution in [0.3, 0.4) is 0 Å². The predicted octanol–water partition coefficient (Wildman–Crippen LogP) is 1.15. The number of benzene rings is 2. The smallest absolute Gasteiger partial charge is 0.384 e. The lowest BCUT2D eigenvalue weighted by Gasteiger charge is -2.25. The molecule has 2 N–H and O–H groups in total. The summed E-state index contributed by atoms with van der Waals surface area (Å²) < 4.78 is 56.9. The summed E-state index contributed by atoms with van der Waals surface area (Å²) in [5.74, 6) is -1.93. The van der Waals surface area contributed by atoms with Crippen molar-refractivity contribution >= 4 is 32.2 Å². The molecule has 0 spiro atoms. The molecule has 1 heterocycles. The van der Waals surface area contributed by atoms with Gasteiger partial charge in [-0.3, -0.25) is 4.79 Å². The van der Waals surface area contributed by atoms with Gasteiger partial charge in [0, 0.05) is 27.1 Å². The number of carboxylic acids is 1. The van der Waals surface area contributed by atoms with Crippen LogP contribution in [-0.2, 0) is 36.3 Å². The molecule has 1 saturated heterocycles. The lowest BCUT2D eigenvalue weighted by atomic mass is 10.1. The molecule has 2 atom stereocenters. The topological polar surface area (TPSA) is 150 Å². The quantitative estimate of drug-likeness (QED) is 0.456. The van der Waals surface area contributed by atoms with Gasteiger partial charge in [-0.25, -0.2) is 13.2 Å². The predicted molar refractivity (Wildman–Crippen MR) is 131 cm³/mol.